The lowest BCUT2D eigenvalue weighted by molar-refractivity contribution is -0.917. The van der Waals surface area contributed by atoms with Crippen molar-refractivity contribution in [2.24, 2.45) is 0 Å². The maximum atomic E-state index is 13.0. The van der Waals surface area contributed by atoms with Crippen molar-refractivity contribution in [3.8, 4) is 0 Å². The molecule has 0 bridgehead atoms. The van der Waals surface area contributed by atoms with E-state index in [2.05, 4.69) is 10.3 Å². The van der Waals surface area contributed by atoms with Gasteiger partial charge in [-0.05, 0) is 25.1 Å². The number of aromatic nitrogens is 1. The number of hydrogen-bond acceptors (Lipinski definition) is 5. The molecule has 3 heterocycles. The smallest absolute Gasteiger partial charge is 0.356 e. The predicted octanol–water partition coefficient (Wildman–Crippen LogP) is 0.915. The molecule has 0 radical (unpaired) electrons. The van der Waals surface area contributed by atoms with Crippen LogP contribution >= 0.6 is 0 Å². The summed E-state index contributed by atoms with van der Waals surface area (Å²) in [7, 11) is 1.30. The summed E-state index contributed by atoms with van der Waals surface area (Å²) in [4.78, 5) is 43.5. The van der Waals surface area contributed by atoms with Crippen LogP contribution in [0.2, 0.25) is 0 Å². The number of H-pyrrole nitrogens is 1. The third kappa shape index (κ3) is 4.04. The molecule has 162 valence electrons. The van der Waals surface area contributed by atoms with E-state index >= 15 is 0 Å². The summed E-state index contributed by atoms with van der Waals surface area (Å²) in [6, 6.07) is 10.3. The molecular formula is C22H25N4O5+. The topological polar surface area (TPSA) is 109 Å². The number of rotatable bonds is 5. The number of amides is 2. The molecule has 2 amide bonds. The summed E-state index contributed by atoms with van der Waals surface area (Å²) in [5.41, 5.74) is 1.38. The molecule has 1 aliphatic heterocycles. The molecule has 31 heavy (non-hydrogen) atoms. The van der Waals surface area contributed by atoms with Gasteiger partial charge in [0.05, 0.1) is 45.2 Å². The third-order valence-corrected chi connectivity index (χ3v) is 5.77. The predicted molar refractivity (Wildman–Crippen MR) is 113 cm³/mol. The van der Waals surface area contributed by atoms with E-state index in [1.54, 1.807) is 17.0 Å². The molecule has 0 spiro atoms. The van der Waals surface area contributed by atoms with Crippen LogP contribution in [0.25, 0.3) is 10.9 Å². The minimum atomic E-state index is -0.545. The highest BCUT2D eigenvalue weighted by molar-refractivity contribution is 6.11. The molecule has 1 atom stereocenters. The van der Waals surface area contributed by atoms with Crippen LogP contribution in [0.1, 0.15) is 28.0 Å². The number of anilines is 1. The third-order valence-electron chi connectivity index (χ3n) is 5.77. The highest BCUT2D eigenvalue weighted by Gasteiger charge is 2.32. The average molecular weight is 425 g/mol. The highest BCUT2D eigenvalue weighted by Crippen LogP contribution is 2.28. The van der Waals surface area contributed by atoms with Crippen molar-refractivity contribution in [3.05, 3.63) is 54.1 Å². The Morgan fingerprint density at radius 2 is 1.90 bits per heavy atom. The molecule has 0 saturated carbocycles. The molecule has 0 unspecified atom stereocenters. The molecule has 3 N–H and O–H groups in total. The van der Waals surface area contributed by atoms with Gasteiger partial charge in [-0.25, -0.2) is 4.79 Å². The number of fused-ring (bicyclic) bond motifs is 1. The van der Waals surface area contributed by atoms with Crippen LogP contribution in [0.4, 0.5) is 5.69 Å². The van der Waals surface area contributed by atoms with E-state index in [1.807, 2.05) is 31.2 Å². The number of quaternary nitrogens is 1. The second kappa shape index (κ2) is 8.65. The van der Waals surface area contributed by atoms with Crippen LogP contribution in [-0.4, -0.2) is 67.0 Å². The number of piperazine rings is 1. The summed E-state index contributed by atoms with van der Waals surface area (Å²) < 4.78 is 10.0. The first-order valence-corrected chi connectivity index (χ1v) is 10.2. The first-order valence-electron chi connectivity index (χ1n) is 10.2. The minimum Gasteiger partial charge on any atom is -0.464 e. The van der Waals surface area contributed by atoms with Crippen LogP contribution < -0.4 is 10.2 Å². The lowest BCUT2D eigenvalue weighted by Crippen LogP contribution is -3.19. The van der Waals surface area contributed by atoms with Gasteiger partial charge in [-0.3, -0.25) is 9.59 Å². The van der Waals surface area contributed by atoms with E-state index in [9.17, 15) is 14.4 Å². The summed E-state index contributed by atoms with van der Waals surface area (Å²) >= 11 is 0. The van der Waals surface area contributed by atoms with Crippen LogP contribution in [0.3, 0.4) is 0 Å². The van der Waals surface area contributed by atoms with Gasteiger partial charge >= 0.3 is 5.97 Å². The fraction of sp³-hybridized carbons (Fsp3) is 0.318. The van der Waals surface area contributed by atoms with Gasteiger partial charge in [0.15, 0.2) is 11.8 Å². The van der Waals surface area contributed by atoms with E-state index in [-0.39, 0.29) is 23.6 Å². The first-order chi connectivity index (χ1) is 15.0. The van der Waals surface area contributed by atoms with E-state index in [0.29, 0.717) is 37.6 Å². The van der Waals surface area contributed by atoms with Crippen molar-refractivity contribution in [1.29, 1.82) is 0 Å². The van der Waals surface area contributed by atoms with Gasteiger partial charge in [0, 0.05) is 10.9 Å². The molecular weight excluding hydrogens is 400 g/mol. The second-order valence-corrected chi connectivity index (χ2v) is 7.55. The standard InChI is InChI=1S/C22H24N4O5/c1-14(25-9-11-26(12-10-25)21(28)17-8-5-13-31-17)20(27)24-18-15-6-3-4-7-16(15)23-19(18)22(29)30-2/h3-8,13-14,23H,9-12H2,1-2H3,(H,24,27)/p+1/t14-/m1/s1. The Balaban J connectivity index is 1.44. The number of nitrogens with one attached hydrogen (secondary N) is 3. The van der Waals surface area contributed by atoms with Crippen LogP contribution in [0.15, 0.2) is 47.1 Å². The number of methoxy groups -OCH3 is 1. The van der Waals surface area contributed by atoms with Gasteiger partial charge in [-0.2, -0.15) is 0 Å². The van der Waals surface area contributed by atoms with Crippen LogP contribution in [-0.2, 0) is 9.53 Å². The Labute approximate surface area is 178 Å². The monoisotopic (exact) mass is 425 g/mol. The van der Waals surface area contributed by atoms with Crippen LogP contribution in [0, 0.1) is 0 Å². The van der Waals surface area contributed by atoms with Crippen LogP contribution in [0.5, 0.6) is 0 Å². The Bertz CT molecular complexity index is 1100. The molecule has 1 aliphatic rings. The van der Waals surface area contributed by atoms with Gasteiger partial charge in [-0.15, -0.1) is 0 Å². The number of para-hydroxylation sites is 1. The molecule has 3 aromatic rings. The van der Waals surface area contributed by atoms with E-state index in [4.69, 9.17) is 9.15 Å². The van der Waals surface area contributed by atoms with Gasteiger partial charge in [0.25, 0.3) is 11.8 Å². The minimum absolute atomic E-state index is 0.136. The number of aromatic amines is 1. The normalized spacial score (nSPS) is 15.6. The summed E-state index contributed by atoms with van der Waals surface area (Å²) in [5, 5.41) is 3.66. The number of carbonyl (C=O) groups excluding carboxylic acids is 3. The zero-order chi connectivity index (χ0) is 22.0. The molecule has 9 heteroatoms. The zero-order valence-corrected chi connectivity index (χ0v) is 17.4. The van der Waals surface area contributed by atoms with Gasteiger partial charge in [0.2, 0.25) is 0 Å². The number of carbonyl (C=O) groups is 3. The molecule has 9 nitrogen and oxygen atoms in total. The molecule has 0 aliphatic carbocycles. The number of furan rings is 1. The Kier molecular flexibility index (Phi) is 5.77. The van der Waals surface area contributed by atoms with Crippen molar-refractivity contribution in [2.45, 2.75) is 13.0 Å². The molecule has 2 aromatic heterocycles. The van der Waals surface area contributed by atoms with Gasteiger partial charge < -0.3 is 29.3 Å². The van der Waals surface area contributed by atoms with Crippen molar-refractivity contribution >= 4 is 34.4 Å². The molecule has 1 saturated heterocycles. The lowest BCUT2D eigenvalue weighted by Gasteiger charge is -2.34. The van der Waals surface area contributed by atoms with Gasteiger partial charge in [-0.1, -0.05) is 18.2 Å². The quantitative estimate of drug-likeness (QED) is 0.527. The Morgan fingerprint density at radius 1 is 1.16 bits per heavy atom. The number of esters is 1. The summed E-state index contributed by atoms with van der Waals surface area (Å²) in [6.07, 6.45) is 1.48. The molecule has 1 fully saturated rings. The largest absolute Gasteiger partial charge is 0.464 e. The molecule has 1 aromatic carbocycles. The van der Waals surface area contributed by atoms with Gasteiger partial charge in [0.1, 0.15) is 5.69 Å². The highest BCUT2D eigenvalue weighted by atomic mass is 16.5. The number of benzene rings is 1. The van der Waals surface area contributed by atoms with Crippen molar-refractivity contribution in [2.75, 3.05) is 38.6 Å². The van der Waals surface area contributed by atoms with Crippen molar-refractivity contribution in [3.63, 3.8) is 0 Å². The number of nitrogens with zero attached hydrogens (tertiary/aromatic N) is 1. The number of ether oxygens (including phenoxy) is 1. The first kappa shape index (κ1) is 20.7. The Hall–Kier alpha value is -3.59. The van der Waals surface area contributed by atoms with E-state index in [0.717, 1.165) is 15.8 Å². The lowest BCUT2D eigenvalue weighted by atomic mass is 10.1. The van der Waals surface area contributed by atoms with Crippen molar-refractivity contribution in [1.82, 2.24) is 9.88 Å². The molecule has 4 rings (SSSR count). The fourth-order valence-electron chi connectivity index (χ4n) is 3.93. The fourth-order valence-corrected chi connectivity index (χ4v) is 3.93. The number of hydrogen-bond donors (Lipinski definition) is 3. The summed E-state index contributed by atoms with van der Waals surface area (Å²) in [5.74, 6) is -0.557. The van der Waals surface area contributed by atoms with E-state index < -0.39 is 5.97 Å². The van der Waals surface area contributed by atoms with E-state index in [1.165, 1.54) is 13.4 Å². The maximum absolute atomic E-state index is 13.0. The SMILES string of the molecule is COC(=O)c1[nH]c2ccccc2c1NC(=O)[C@@H](C)[NH+]1CCN(C(=O)c2ccco2)CC1. The zero-order valence-electron chi connectivity index (χ0n) is 17.4. The summed E-state index contributed by atoms with van der Waals surface area (Å²) in [6.45, 7) is 4.19. The van der Waals surface area contributed by atoms with Crippen molar-refractivity contribution < 1.29 is 28.4 Å². The maximum Gasteiger partial charge on any atom is 0.356 e. The Morgan fingerprint density at radius 3 is 2.58 bits per heavy atom. The average Bonchev–Trinajstić information content (AvgIpc) is 3.46. The second-order valence-electron chi connectivity index (χ2n) is 7.55.